The smallest absolute Gasteiger partial charge is 0.174 e. The summed E-state index contributed by atoms with van der Waals surface area (Å²) in [6, 6.07) is 18.3. The van der Waals surface area contributed by atoms with E-state index in [2.05, 4.69) is 32.7 Å². The lowest BCUT2D eigenvalue weighted by atomic mass is 10.0. The number of hydrogen-bond acceptors (Lipinski definition) is 4. The molecule has 2 atom stereocenters. The summed E-state index contributed by atoms with van der Waals surface area (Å²) in [5, 5.41) is 6.26. The molecule has 0 amide bonds. The van der Waals surface area contributed by atoms with E-state index in [0.717, 1.165) is 17.1 Å². The van der Waals surface area contributed by atoms with Crippen LogP contribution in [0, 0.1) is 0 Å². The van der Waals surface area contributed by atoms with Crippen molar-refractivity contribution >= 4 is 34.4 Å². The average molecular weight is 367 g/mol. The fraction of sp³-hybridized carbons (Fsp3) is 0.158. The second-order valence-corrected chi connectivity index (χ2v) is 7.08. The number of anilines is 1. The summed E-state index contributed by atoms with van der Waals surface area (Å²) in [5.41, 5.74) is 2.02. The van der Waals surface area contributed by atoms with Crippen LogP contribution in [0.15, 0.2) is 66.2 Å². The van der Waals surface area contributed by atoms with Crippen LogP contribution < -0.4 is 15.0 Å². The second-order valence-electron chi connectivity index (χ2n) is 5.71. The van der Waals surface area contributed by atoms with E-state index < -0.39 is 0 Å². The number of hydrogen-bond donors (Lipinski definition) is 1. The van der Waals surface area contributed by atoms with Gasteiger partial charge in [-0.1, -0.05) is 12.1 Å². The normalized spacial score (nSPS) is 19.7. The Balaban J connectivity index is 1.77. The van der Waals surface area contributed by atoms with Crippen molar-refractivity contribution in [3.63, 3.8) is 0 Å². The summed E-state index contributed by atoms with van der Waals surface area (Å²) < 4.78 is 5.27. The first-order valence-corrected chi connectivity index (χ1v) is 9.25. The van der Waals surface area contributed by atoms with Crippen LogP contribution in [0.4, 0.5) is 5.69 Å². The van der Waals surface area contributed by atoms with E-state index in [1.54, 1.807) is 18.4 Å². The van der Waals surface area contributed by atoms with Crippen LogP contribution >= 0.6 is 23.6 Å². The molecule has 0 radical (unpaired) electrons. The number of thiocarbonyl (C=S) groups is 1. The highest BCUT2D eigenvalue weighted by molar-refractivity contribution is 7.80. The number of pyridine rings is 1. The molecule has 0 bridgehead atoms. The van der Waals surface area contributed by atoms with Gasteiger partial charge < -0.3 is 15.0 Å². The van der Waals surface area contributed by atoms with Gasteiger partial charge in [0.05, 0.1) is 24.9 Å². The van der Waals surface area contributed by atoms with E-state index in [0.29, 0.717) is 5.11 Å². The summed E-state index contributed by atoms with van der Waals surface area (Å²) >= 11 is 7.41. The van der Waals surface area contributed by atoms with Gasteiger partial charge in [-0.15, -0.1) is 11.3 Å². The number of thiophene rings is 1. The average Bonchev–Trinajstić information content (AvgIpc) is 3.30. The summed E-state index contributed by atoms with van der Waals surface area (Å²) in [6.07, 6.45) is 1.82. The zero-order valence-electron chi connectivity index (χ0n) is 13.6. The van der Waals surface area contributed by atoms with Gasteiger partial charge in [0.25, 0.3) is 0 Å². The first kappa shape index (κ1) is 16.1. The van der Waals surface area contributed by atoms with E-state index in [1.807, 2.05) is 48.7 Å². The summed E-state index contributed by atoms with van der Waals surface area (Å²) in [7, 11) is 1.67. The molecule has 0 spiro atoms. The molecule has 1 N–H and O–H groups in total. The first-order chi connectivity index (χ1) is 12.3. The van der Waals surface area contributed by atoms with Crippen molar-refractivity contribution in [2.24, 2.45) is 0 Å². The molecule has 1 aromatic carbocycles. The quantitative estimate of drug-likeness (QED) is 0.695. The number of aromatic nitrogens is 1. The lowest BCUT2D eigenvalue weighted by molar-refractivity contribution is 0.415. The Hall–Kier alpha value is -2.44. The molecular weight excluding hydrogens is 350 g/mol. The maximum atomic E-state index is 5.67. The Morgan fingerprint density at radius 3 is 2.60 bits per heavy atom. The minimum Gasteiger partial charge on any atom is -0.497 e. The number of nitrogens with zero attached hydrogens (tertiary/aromatic N) is 2. The van der Waals surface area contributed by atoms with Crippen LogP contribution in [0.3, 0.4) is 0 Å². The lowest BCUT2D eigenvalue weighted by Crippen LogP contribution is -2.28. The molecule has 0 aliphatic carbocycles. The molecule has 1 fully saturated rings. The highest BCUT2D eigenvalue weighted by Gasteiger charge is 2.41. The van der Waals surface area contributed by atoms with Gasteiger partial charge in [-0.25, -0.2) is 0 Å². The predicted molar refractivity (Wildman–Crippen MR) is 105 cm³/mol. The van der Waals surface area contributed by atoms with Crippen LogP contribution in [0.2, 0.25) is 0 Å². The second kappa shape index (κ2) is 6.82. The molecule has 1 aliphatic rings. The van der Waals surface area contributed by atoms with Gasteiger partial charge in [-0.05, 0) is 60.1 Å². The Kier molecular flexibility index (Phi) is 4.38. The topological polar surface area (TPSA) is 37.4 Å². The number of methoxy groups -OCH3 is 1. The summed E-state index contributed by atoms with van der Waals surface area (Å²) in [5.74, 6) is 0.829. The van der Waals surface area contributed by atoms with E-state index >= 15 is 0 Å². The molecule has 25 heavy (non-hydrogen) atoms. The van der Waals surface area contributed by atoms with Gasteiger partial charge in [0.15, 0.2) is 5.11 Å². The van der Waals surface area contributed by atoms with Crippen molar-refractivity contribution in [3.05, 3.63) is 76.7 Å². The maximum Gasteiger partial charge on any atom is 0.174 e. The molecule has 1 aliphatic heterocycles. The minimum absolute atomic E-state index is 0.00875. The zero-order valence-corrected chi connectivity index (χ0v) is 15.3. The Labute approximate surface area is 156 Å². The number of nitrogens with one attached hydrogen (secondary N) is 1. The molecule has 4 rings (SSSR count). The van der Waals surface area contributed by atoms with Crippen molar-refractivity contribution in [1.82, 2.24) is 10.3 Å². The molecule has 126 valence electrons. The largest absolute Gasteiger partial charge is 0.497 e. The van der Waals surface area contributed by atoms with Crippen molar-refractivity contribution in [2.45, 2.75) is 12.1 Å². The van der Waals surface area contributed by atoms with Crippen LogP contribution in [-0.4, -0.2) is 17.2 Å². The fourth-order valence-electron chi connectivity index (χ4n) is 3.12. The molecule has 6 heteroatoms. The number of ether oxygens (including phenoxy) is 1. The van der Waals surface area contributed by atoms with Crippen molar-refractivity contribution in [3.8, 4) is 5.75 Å². The maximum absolute atomic E-state index is 5.67. The third kappa shape index (κ3) is 2.99. The third-order valence-electron chi connectivity index (χ3n) is 4.28. The molecule has 3 heterocycles. The van der Waals surface area contributed by atoms with E-state index in [-0.39, 0.29) is 12.1 Å². The standard InChI is InChI=1S/C19H17N3OS2/c1-23-14-9-7-13(8-10-14)22-18(16-6-4-12-25-16)17(21-19(22)24)15-5-2-3-11-20-15/h2-12,17-18H,1H3,(H,21,24)/t17-,18-/m0/s1. The molecule has 0 saturated carbocycles. The Morgan fingerprint density at radius 2 is 1.96 bits per heavy atom. The van der Waals surface area contributed by atoms with E-state index in [9.17, 15) is 0 Å². The fourth-order valence-corrected chi connectivity index (χ4v) is 4.32. The van der Waals surface area contributed by atoms with Gasteiger partial charge in [-0.3, -0.25) is 4.98 Å². The van der Waals surface area contributed by atoms with Crippen LogP contribution in [0.25, 0.3) is 0 Å². The highest BCUT2D eigenvalue weighted by Crippen LogP contribution is 2.43. The molecule has 3 aromatic rings. The van der Waals surface area contributed by atoms with Gasteiger partial charge in [0.2, 0.25) is 0 Å². The van der Waals surface area contributed by atoms with E-state index in [4.69, 9.17) is 17.0 Å². The molecule has 1 saturated heterocycles. The molecular formula is C19H17N3OS2. The van der Waals surface area contributed by atoms with Crippen LogP contribution in [0.5, 0.6) is 5.75 Å². The molecule has 2 aromatic heterocycles. The number of benzene rings is 1. The van der Waals surface area contributed by atoms with Crippen molar-refractivity contribution in [2.75, 3.05) is 12.0 Å². The van der Waals surface area contributed by atoms with Gasteiger partial charge >= 0.3 is 0 Å². The van der Waals surface area contributed by atoms with Crippen molar-refractivity contribution in [1.29, 1.82) is 0 Å². The van der Waals surface area contributed by atoms with E-state index in [1.165, 1.54) is 4.88 Å². The molecule has 0 unspecified atom stereocenters. The van der Waals surface area contributed by atoms with Crippen molar-refractivity contribution < 1.29 is 4.74 Å². The first-order valence-electron chi connectivity index (χ1n) is 7.96. The Morgan fingerprint density at radius 1 is 1.12 bits per heavy atom. The van der Waals surface area contributed by atoms with Gasteiger partial charge in [0, 0.05) is 16.8 Å². The zero-order chi connectivity index (χ0) is 17.2. The van der Waals surface area contributed by atoms with Gasteiger partial charge in [-0.2, -0.15) is 0 Å². The predicted octanol–water partition coefficient (Wildman–Crippen LogP) is 4.33. The SMILES string of the molecule is COc1ccc(N2C(=S)N[C@@H](c3ccccn3)[C@@H]2c2cccs2)cc1. The minimum atomic E-state index is 0.00875. The van der Waals surface area contributed by atoms with Crippen LogP contribution in [-0.2, 0) is 0 Å². The highest BCUT2D eigenvalue weighted by atomic mass is 32.1. The monoisotopic (exact) mass is 367 g/mol. The lowest BCUT2D eigenvalue weighted by Gasteiger charge is -2.27. The molecule has 4 nitrogen and oxygen atoms in total. The van der Waals surface area contributed by atoms with Gasteiger partial charge in [0.1, 0.15) is 5.75 Å². The number of rotatable bonds is 4. The van der Waals surface area contributed by atoms with Crippen LogP contribution in [0.1, 0.15) is 22.7 Å². The summed E-state index contributed by atoms with van der Waals surface area (Å²) in [6.45, 7) is 0. The third-order valence-corrected chi connectivity index (χ3v) is 5.54. The Bertz CT molecular complexity index is 850. The summed E-state index contributed by atoms with van der Waals surface area (Å²) in [4.78, 5) is 7.96.